The number of methoxy groups -OCH3 is 1. The molecule has 0 heterocycles. The number of ether oxygens (including phenoxy) is 1. The van der Waals surface area contributed by atoms with E-state index in [-0.39, 0.29) is 12.1 Å². The van der Waals surface area contributed by atoms with Crippen molar-refractivity contribution in [1.82, 2.24) is 5.32 Å². The number of anilines is 1. The van der Waals surface area contributed by atoms with E-state index in [0.29, 0.717) is 12.5 Å². The first-order valence-corrected chi connectivity index (χ1v) is 7.14. The summed E-state index contributed by atoms with van der Waals surface area (Å²) in [5.41, 5.74) is 6.52. The molecule has 5 nitrogen and oxygen atoms in total. The van der Waals surface area contributed by atoms with Crippen LogP contribution in [0, 0.1) is 5.92 Å². The van der Waals surface area contributed by atoms with Crippen LogP contribution in [0.15, 0.2) is 24.3 Å². The van der Waals surface area contributed by atoms with Gasteiger partial charge in [-0.25, -0.2) is 4.79 Å². The summed E-state index contributed by atoms with van der Waals surface area (Å²) in [7, 11) is 1.62. The monoisotopic (exact) mass is 277 g/mol. The minimum atomic E-state index is -0.166. The molecule has 1 aliphatic rings. The van der Waals surface area contributed by atoms with Crippen molar-refractivity contribution in [2.24, 2.45) is 11.7 Å². The van der Waals surface area contributed by atoms with Crippen LogP contribution in [0.3, 0.4) is 0 Å². The zero-order valence-electron chi connectivity index (χ0n) is 11.9. The van der Waals surface area contributed by atoms with Gasteiger partial charge in [0.1, 0.15) is 5.75 Å². The quantitative estimate of drug-likeness (QED) is 0.790. The zero-order chi connectivity index (χ0) is 14.4. The molecule has 0 aromatic heterocycles. The molecule has 0 bridgehead atoms. The van der Waals surface area contributed by atoms with Crippen molar-refractivity contribution < 1.29 is 9.53 Å². The van der Waals surface area contributed by atoms with Gasteiger partial charge in [0.05, 0.1) is 7.11 Å². The van der Waals surface area contributed by atoms with Crippen molar-refractivity contribution in [3.63, 3.8) is 0 Å². The summed E-state index contributed by atoms with van der Waals surface area (Å²) in [6.45, 7) is 0.632. The van der Waals surface area contributed by atoms with E-state index in [1.54, 1.807) is 7.11 Å². The van der Waals surface area contributed by atoms with E-state index < -0.39 is 0 Å². The maximum Gasteiger partial charge on any atom is 0.319 e. The summed E-state index contributed by atoms with van der Waals surface area (Å²) in [5.74, 6) is 1.16. The zero-order valence-corrected chi connectivity index (χ0v) is 11.9. The molecule has 0 radical (unpaired) electrons. The Bertz CT molecular complexity index is 433. The number of hydrogen-bond acceptors (Lipinski definition) is 3. The van der Waals surface area contributed by atoms with Crippen LogP contribution in [0.5, 0.6) is 5.75 Å². The second-order valence-corrected chi connectivity index (χ2v) is 5.21. The molecule has 0 aliphatic heterocycles. The van der Waals surface area contributed by atoms with E-state index >= 15 is 0 Å². The molecule has 2 rings (SSSR count). The van der Waals surface area contributed by atoms with Gasteiger partial charge < -0.3 is 21.1 Å². The molecule has 1 aliphatic carbocycles. The molecule has 20 heavy (non-hydrogen) atoms. The molecule has 4 N–H and O–H groups in total. The second kappa shape index (κ2) is 7.14. The van der Waals surface area contributed by atoms with Gasteiger partial charge in [0.15, 0.2) is 0 Å². The first-order valence-electron chi connectivity index (χ1n) is 7.14. The molecule has 2 amide bonds. The topological polar surface area (TPSA) is 76.4 Å². The van der Waals surface area contributed by atoms with Crippen LogP contribution in [0.2, 0.25) is 0 Å². The van der Waals surface area contributed by atoms with Crippen LogP contribution in [-0.4, -0.2) is 25.7 Å². The van der Waals surface area contributed by atoms with Crippen LogP contribution in [0.4, 0.5) is 10.5 Å². The average Bonchev–Trinajstić information content (AvgIpc) is 2.48. The van der Waals surface area contributed by atoms with E-state index in [1.165, 1.54) is 6.42 Å². The summed E-state index contributed by atoms with van der Waals surface area (Å²) in [6.07, 6.45) is 4.48. The third kappa shape index (κ3) is 3.87. The fourth-order valence-corrected chi connectivity index (χ4v) is 2.69. The summed E-state index contributed by atoms with van der Waals surface area (Å²) >= 11 is 0. The third-order valence-electron chi connectivity index (χ3n) is 3.88. The highest BCUT2D eigenvalue weighted by molar-refractivity contribution is 5.89. The van der Waals surface area contributed by atoms with E-state index in [2.05, 4.69) is 10.6 Å². The van der Waals surface area contributed by atoms with Gasteiger partial charge in [-0.1, -0.05) is 12.8 Å². The van der Waals surface area contributed by atoms with Gasteiger partial charge in [0.2, 0.25) is 0 Å². The molecule has 5 heteroatoms. The van der Waals surface area contributed by atoms with Crippen molar-refractivity contribution in [2.45, 2.75) is 31.7 Å². The largest absolute Gasteiger partial charge is 0.497 e. The fourth-order valence-electron chi connectivity index (χ4n) is 2.69. The molecule has 2 atom stereocenters. The number of benzene rings is 1. The van der Waals surface area contributed by atoms with Crippen LogP contribution < -0.4 is 21.1 Å². The smallest absolute Gasteiger partial charge is 0.319 e. The summed E-state index contributed by atoms with van der Waals surface area (Å²) in [4.78, 5) is 12.0. The molecular formula is C15H23N3O2. The predicted octanol–water partition coefficient (Wildman–Crippen LogP) is 2.33. The first kappa shape index (κ1) is 14.7. The molecule has 110 valence electrons. The number of amides is 2. The molecule has 2 unspecified atom stereocenters. The lowest BCUT2D eigenvalue weighted by molar-refractivity contribution is 0.229. The van der Waals surface area contributed by atoms with Gasteiger partial charge in [0.25, 0.3) is 0 Å². The Kier molecular flexibility index (Phi) is 5.24. The maximum atomic E-state index is 12.0. The Labute approximate surface area is 119 Å². The lowest BCUT2D eigenvalue weighted by Gasteiger charge is -2.31. The number of nitrogens with two attached hydrogens (primary N) is 1. The Morgan fingerprint density at radius 1 is 1.30 bits per heavy atom. The standard InChI is InChI=1S/C15H23N3O2/c1-20-13-8-6-12(7-9-13)17-15(19)18-14-5-3-2-4-11(14)10-16/h6-9,11,14H,2-5,10,16H2,1H3,(H2,17,18,19). The van der Waals surface area contributed by atoms with E-state index in [1.807, 2.05) is 24.3 Å². The second-order valence-electron chi connectivity index (χ2n) is 5.21. The molecule has 1 saturated carbocycles. The fraction of sp³-hybridized carbons (Fsp3) is 0.533. The maximum absolute atomic E-state index is 12.0. The molecule has 0 saturated heterocycles. The van der Waals surface area contributed by atoms with Gasteiger partial charge in [-0.3, -0.25) is 0 Å². The van der Waals surface area contributed by atoms with Gasteiger partial charge >= 0.3 is 6.03 Å². The average molecular weight is 277 g/mol. The van der Waals surface area contributed by atoms with E-state index in [9.17, 15) is 4.79 Å². The summed E-state index contributed by atoms with van der Waals surface area (Å²) in [5, 5.41) is 5.87. The molecule has 1 fully saturated rings. The minimum absolute atomic E-state index is 0.166. The molecule has 0 spiro atoms. The van der Waals surface area contributed by atoms with Crippen molar-refractivity contribution in [3.8, 4) is 5.75 Å². The first-order chi connectivity index (χ1) is 9.72. The Balaban J connectivity index is 1.87. The van der Waals surface area contributed by atoms with Gasteiger partial charge in [0, 0.05) is 11.7 Å². The Hall–Kier alpha value is -1.75. The third-order valence-corrected chi connectivity index (χ3v) is 3.88. The molecule has 1 aromatic rings. The number of hydrogen-bond donors (Lipinski definition) is 3. The molecular weight excluding hydrogens is 254 g/mol. The number of carbonyl (C=O) groups is 1. The van der Waals surface area contributed by atoms with Crippen molar-refractivity contribution in [1.29, 1.82) is 0 Å². The van der Waals surface area contributed by atoms with Gasteiger partial charge in [-0.15, -0.1) is 0 Å². The lowest BCUT2D eigenvalue weighted by atomic mass is 9.84. The van der Waals surface area contributed by atoms with Crippen LogP contribution >= 0.6 is 0 Å². The number of urea groups is 1. The Morgan fingerprint density at radius 3 is 2.65 bits per heavy atom. The summed E-state index contributed by atoms with van der Waals surface area (Å²) in [6, 6.07) is 7.30. The van der Waals surface area contributed by atoms with Gasteiger partial charge in [-0.2, -0.15) is 0 Å². The number of nitrogens with one attached hydrogen (secondary N) is 2. The SMILES string of the molecule is COc1ccc(NC(=O)NC2CCCCC2CN)cc1. The van der Waals surface area contributed by atoms with Crippen LogP contribution in [0.1, 0.15) is 25.7 Å². The highest BCUT2D eigenvalue weighted by atomic mass is 16.5. The van der Waals surface area contributed by atoms with E-state index in [0.717, 1.165) is 30.7 Å². The van der Waals surface area contributed by atoms with Crippen LogP contribution in [0.25, 0.3) is 0 Å². The number of carbonyl (C=O) groups excluding carboxylic acids is 1. The van der Waals surface area contributed by atoms with Gasteiger partial charge in [-0.05, 0) is 49.6 Å². The Morgan fingerprint density at radius 2 is 2.00 bits per heavy atom. The molecule has 1 aromatic carbocycles. The predicted molar refractivity (Wildman–Crippen MR) is 79.9 cm³/mol. The highest BCUT2D eigenvalue weighted by Crippen LogP contribution is 2.23. The summed E-state index contributed by atoms with van der Waals surface area (Å²) < 4.78 is 5.08. The van der Waals surface area contributed by atoms with Crippen molar-refractivity contribution in [2.75, 3.05) is 19.0 Å². The van der Waals surface area contributed by atoms with Crippen molar-refractivity contribution >= 4 is 11.7 Å². The van der Waals surface area contributed by atoms with Crippen LogP contribution in [-0.2, 0) is 0 Å². The highest BCUT2D eigenvalue weighted by Gasteiger charge is 2.25. The normalized spacial score (nSPS) is 22.1. The lowest BCUT2D eigenvalue weighted by Crippen LogP contribution is -2.46. The van der Waals surface area contributed by atoms with E-state index in [4.69, 9.17) is 10.5 Å². The minimum Gasteiger partial charge on any atom is -0.497 e. The number of rotatable bonds is 4. The van der Waals surface area contributed by atoms with Crippen molar-refractivity contribution in [3.05, 3.63) is 24.3 Å².